The highest BCUT2D eigenvalue weighted by molar-refractivity contribution is 6.36. The minimum Gasteiger partial charge on any atom is -0.486 e. The molecule has 1 aliphatic rings. The van der Waals surface area contributed by atoms with Gasteiger partial charge in [0.2, 0.25) is 5.91 Å². The Morgan fingerprint density at radius 1 is 1.11 bits per heavy atom. The molecule has 0 saturated carbocycles. The second kappa shape index (κ2) is 8.38. The summed E-state index contributed by atoms with van der Waals surface area (Å²) in [6.45, 7) is 1.27. The third kappa shape index (κ3) is 4.08. The lowest BCUT2D eigenvalue weighted by Crippen LogP contribution is -2.31. The van der Waals surface area contributed by atoms with Crippen LogP contribution in [0.1, 0.15) is 18.4 Å². The number of halogens is 2. The molecule has 4 nitrogen and oxygen atoms in total. The molecule has 1 atom stereocenters. The number of amides is 1. The number of carbonyl (C=O) groups excluding carboxylic acids is 1. The van der Waals surface area contributed by atoms with Gasteiger partial charge in [-0.2, -0.15) is 0 Å². The van der Waals surface area contributed by atoms with Gasteiger partial charge < -0.3 is 9.64 Å². The van der Waals surface area contributed by atoms with Crippen LogP contribution in [-0.2, 0) is 11.2 Å². The normalized spacial score (nSPS) is 16.5. The van der Waals surface area contributed by atoms with Crippen LogP contribution in [0.5, 0.6) is 5.75 Å². The van der Waals surface area contributed by atoms with Gasteiger partial charge in [0, 0.05) is 41.0 Å². The van der Waals surface area contributed by atoms with Crippen LogP contribution in [0.15, 0.2) is 54.7 Å². The van der Waals surface area contributed by atoms with E-state index in [1.807, 2.05) is 35.2 Å². The van der Waals surface area contributed by atoms with Crippen LogP contribution in [0, 0.1) is 0 Å². The molecule has 0 N–H and O–H groups in total. The Morgan fingerprint density at radius 2 is 1.86 bits per heavy atom. The van der Waals surface area contributed by atoms with Crippen LogP contribution in [0.3, 0.4) is 0 Å². The van der Waals surface area contributed by atoms with E-state index in [1.165, 1.54) is 0 Å². The van der Waals surface area contributed by atoms with Gasteiger partial charge in [-0.05, 0) is 36.2 Å². The summed E-state index contributed by atoms with van der Waals surface area (Å²) in [7, 11) is 0. The lowest BCUT2D eigenvalue weighted by molar-refractivity contribution is -0.130. The summed E-state index contributed by atoms with van der Waals surface area (Å²) in [5.74, 6) is 0.860. The second-order valence-electron chi connectivity index (χ2n) is 6.90. The van der Waals surface area contributed by atoms with E-state index in [-0.39, 0.29) is 12.0 Å². The monoisotopic (exact) mass is 414 g/mol. The van der Waals surface area contributed by atoms with Gasteiger partial charge in [-0.15, -0.1) is 0 Å². The zero-order chi connectivity index (χ0) is 19.5. The summed E-state index contributed by atoms with van der Waals surface area (Å²) in [6.07, 6.45) is 3.46. The number of hydrogen-bond acceptors (Lipinski definition) is 3. The highest BCUT2D eigenvalue weighted by Crippen LogP contribution is 2.28. The van der Waals surface area contributed by atoms with Gasteiger partial charge in [0.05, 0.1) is 6.54 Å². The fraction of sp³-hybridized carbons (Fsp3) is 0.273. The van der Waals surface area contributed by atoms with Crippen molar-refractivity contribution < 1.29 is 9.53 Å². The lowest BCUT2D eigenvalue weighted by atomic mass is 10.1. The lowest BCUT2D eigenvalue weighted by Gasteiger charge is -2.18. The third-order valence-corrected chi connectivity index (χ3v) is 5.75. The quantitative estimate of drug-likeness (QED) is 0.579. The largest absolute Gasteiger partial charge is 0.486 e. The molecule has 3 aromatic rings. The fourth-order valence-electron chi connectivity index (χ4n) is 3.56. The molecule has 1 fully saturated rings. The first-order valence-corrected chi connectivity index (χ1v) is 10.1. The summed E-state index contributed by atoms with van der Waals surface area (Å²) in [5, 5.41) is 2.25. The van der Waals surface area contributed by atoms with Crippen molar-refractivity contribution in [1.29, 1.82) is 0 Å². The summed E-state index contributed by atoms with van der Waals surface area (Å²) in [6, 6.07) is 15.2. The molecule has 4 rings (SSSR count). The minimum atomic E-state index is -0.0274. The first-order valence-electron chi connectivity index (χ1n) is 9.33. The summed E-state index contributed by atoms with van der Waals surface area (Å²) >= 11 is 12.4. The standard InChI is InChI=1S/C22H20Cl2N2O2/c23-18-6-2-7-19(24)17(18)9-10-21(27)26-13-11-16(14-26)28-20-8-1-4-15-5-3-12-25-22(15)20/h1-8,12,16H,9-11,13-14H2/t16-/m0/s1. The molecule has 1 aromatic heterocycles. The van der Waals surface area contributed by atoms with Gasteiger partial charge in [0.15, 0.2) is 0 Å². The number of rotatable bonds is 5. The number of ether oxygens (including phenoxy) is 1. The molecule has 0 aliphatic carbocycles. The molecule has 0 radical (unpaired) electrons. The summed E-state index contributed by atoms with van der Waals surface area (Å²) in [5.41, 5.74) is 1.68. The maximum Gasteiger partial charge on any atom is 0.223 e. The van der Waals surface area contributed by atoms with E-state index in [9.17, 15) is 4.79 Å². The predicted molar refractivity (Wildman–Crippen MR) is 112 cm³/mol. The smallest absolute Gasteiger partial charge is 0.223 e. The molecule has 0 spiro atoms. The van der Waals surface area contributed by atoms with Crippen molar-refractivity contribution in [3.8, 4) is 5.75 Å². The van der Waals surface area contributed by atoms with E-state index < -0.39 is 0 Å². The maximum atomic E-state index is 12.6. The van der Waals surface area contributed by atoms with E-state index >= 15 is 0 Å². The van der Waals surface area contributed by atoms with Crippen molar-refractivity contribution in [2.45, 2.75) is 25.4 Å². The Balaban J connectivity index is 1.36. The number of pyridine rings is 1. The van der Waals surface area contributed by atoms with Crippen molar-refractivity contribution in [3.63, 3.8) is 0 Å². The van der Waals surface area contributed by atoms with Crippen molar-refractivity contribution >= 4 is 40.0 Å². The Morgan fingerprint density at radius 3 is 2.68 bits per heavy atom. The molecule has 28 heavy (non-hydrogen) atoms. The van der Waals surface area contributed by atoms with E-state index in [2.05, 4.69) is 4.98 Å². The van der Waals surface area contributed by atoms with E-state index in [0.717, 1.165) is 28.6 Å². The van der Waals surface area contributed by atoms with Gasteiger partial charge in [0.25, 0.3) is 0 Å². The van der Waals surface area contributed by atoms with E-state index in [0.29, 0.717) is 36.0 Å². The number of fused-ring (bicyclic) bond motifs is 1. The average molecular weight is 415 g/mol. The average Bonchev–Trinajstić information content (AvgIpc) is 3.16. The molecule has 2 heterocycles. The Kier molecular flexibility index (Phi) is 5.69. The number of benzene rings is 2. The maximum absolute atomic E-state index is 12.6. The van der Waals surface area contributed by atoms with Crippen molar-refractivity contribution in [2.24, 2.45) is 0 Å². The first kappa shape index (κ1) is 19.0. The highest BCUT2D eigenvalue weighted by atomic mass is 35.5. The van der Waals surface area contributed by atoms with Gasteiger partial charge in [-0.3, -0.25) is 9.78 Å². The zero-order valence-corrected chi connectivity index (χ0v) is 16.8. The minimum absolute atomic E-state index is 0.0274. The Hall–Kier alpha value is -2.30. The summed E-state index contributed by atoms with van der Waals surface area (Å²) < 4.78 is 6.17. The molecule has 2 aromatic carbocycles. The SMILES string of the molecule is O=C(CCc1c(Cl)cccc1Cl)N1CC[C@H](Oc2cccc3cccnc23)C1. The van der Waals surface area contributed by atoms with Crippen molar-refractivity contribution in [2.75, 3.05) is 13.1 Å². The second-order valence-corrected chi connectivity index (χ2v) is 7.71. The van der Waals surface area contributed by atoms with Gasteiger partial charge in [-0.25, -0.2) is 0 Å². The van der Waals surface area contributed by atoms with E-state index in [1.54, 1.807) is 24.4 Å². The van der Waals surface area contributed by atoms with Gasteiger partial charge >= 0.3 is 0 Å². The zero-order valence-electron chi connectivity index (χ0n) is 15.3. The van der Waals surface area contributed by atoms with Crippen LogP contribution < -0.4 is 4.74 Å². The predicted octanol–water partition coefficient (Wildman–Crippen LogP) is 5.15. The number of likely N-dealkylation sites (tertiary alicyclic amines) is 1. The molecule has 144 valence electrons. The molecular formula is C22H20Cl2N2O2. The fourth-order valence-corrected chi connectivity index (χ4v) is 4.15. The molecule has 1 amide bonds. The van der Waals surface area contributed by atoms with Crippen LogP contribution in [-0.4, -0.2) is 35.0 Å². The Bertz CT molecular complexity index is 983. The van der Waals surface area contributed by atoms with Crippen LogP contribution in [0.25, 0.3) is 10.9 Å². The highest BCUT2D eigenvalue weighted by Gasteiger charge is 2.28. The topological polar surface area (TPSA) is 42.4 Å². The Labute approximate surface area is 174 Å². The van der Waals surface area contributed by atoms with Crippen molar-refractivity contribution in [1.82, 2.24) is 9.88 Å². The summed E-state index contributed by atoms with van der Waals surface area (Å²) in [4.78, 5) is 18.9. The number of nitrogens with zero attached hydrogens (tertiary/aromatic N) is 2. The number of para-hydroxylation sites is 1. The number of aromatic nitrogens is 1. The van der Waals surface area contributed by atoms with Crippen LogP contribution in [0.4, 0.5) is 0 Å². The molecule has 1 aliphatic heterocycles. The number of carbonyl (C=O) groups is 1. The van der Waals surface area contributed by atoms with Crippen LogP contribution in [0.2, 0.25) is 10.0 Å². The number of hydrogen-bond donors (Lipinski definition) is 0. The first-order chi connectivity index (χ1) is 13.6. The molecule has 1 saturated heterocycles. The van der Waals surface area contributed by atoms with Gasteiger partial charge in [-0.1, -0.05) is 47.5 Å². The molecular weight excluding hydrogens is 395 g/mol. The third-order valence-electron chi connectivity index (χ3n) is 5.04. The van der Waals surface area contributed by atoms with Crippen molar-refractivity contribution in [3.05, 3.63) is 70.3 Å². The van der Waals surface area contributed by atoms with E-state index in [4.69, 9.17) is 27.9 Å². The molecule has 0 bridgehead atoms. The van der Waals surface area contributed by atoms with Crippen LogP contribution >= 0.6 is 23.2 Å². The van der Waals surface area contributed by atoms with Gasteiger partial charge in [0.1, 0.15) is 17.4 Å². The molecule has 0 unspecified atom stereocenters. The molecule has 6 heteroatoms.